The number of aliphatic carboxylic acids is 1. The van der Waals surface area contributed by atoms with Crippen LogP contribution in [0, 0.1) is 0 Å². The zero-order valence-corrected chi connectivity index (χ0v) is 15.5. The first-order chi connectivity index (χ1) is 12.3. The summed E-state index contributed by atoms with van der Waals surface area (Å²) in [7, 11) is 0. The van der Waals surface area contributed by atoms with Crippen LogP contribution in [0.3, 0.4) is 0 Å². The van der Waals surface area contributed by atoms with E-state index in [2.05, 4.69) is 12.1 Å². The number of ether oxygens (including phenoxy) is 1. The van der Waals surface area contributed by atoms with Crippen LogP contribution in [-0.2, 0) is 16.0 Å². The number of aryl methyl sites for hydroxylation is 1. The van der Waals surface area contributed by atoms with Crippen molar-refractivity contribution in [1.82, 2.24) is 4.90 Å². The van der Waals surface area contributed by atoms with E-state index in [4.69, 9.17) is 4.74 Å². The lowest BCUT2D eigenvalue weighted by molar-refractivity contribution is -0.133. The Morgan fingerprint density at radius 1 is 1.15 bits per heavy atom. The van der Waals surface area contributed by atoms with Gasteiger partial charge in [0.05, 0.1) is 12.1 Å². The quantitative estimate of drug-likeness (QED) is 0.869. The van der Waals surface area contributed by atoms with Crippen LogP contribution in [0.25, 0.3) is 5.57 Å². The van der Waals surface area contributed by atoms with Crippen molar-refractivity contribution >= 4 is 17.6 Å². The number of carboxylic acids is 1. The van der Waals surface area contributed by atoms with Gasteiger partial charge in [-0.25, -0.2) is 9.59 Å². The zero-order valence-electron chi connectivity index (χ0n) is 15.5. The summed E-state index contributed by atoms with van der Waals surface area (Å²) in [5.74, 6) is -0.975. The summed E-state index contributed by atoms with van der Waals surface area (Å²) in [6.45, 7) is 5.94. The van der Waals surface area contributed by atoms with Crippen LogP contribution in [0.4, 0.5) is 4.79 Å². The first-order valence-corrected chi connectivity index (χ1v) is 8.98. The molecular formula is C21H25NO4. The summed E-state index contributed by atoms with van der Waals surface area (Å²) in [4.78, 5) is 25.7. The van der Waals surface area contributed by atoms with Gasteiger partial charge in [0, 0.05) is 6.54 Å². The Morgan fingerprint density at radius 3 is 2.58 bits per heavy atom. The molecule has 5 heteroatoms. The average molecular weight is 355 g/mol. The van der Waals surface area contributed by atoms with E-state index in [1.165, 1.54) is 10.5 Å². The van der Waals surface area contributed by atoms with Gasteiger partial charge in [0.1, 0.15) is 5.60 Å². The molecule has 1 aliphatic carbocycles. The van der Waals surface area contributed by atoms with Crippen molar-refractivity contribution < 1.29 is 19.4 Å². The molecule has 0 unspecified atom stereocenters. The summed E-state index contributed by atoms with van der Waals surface area (Å²) >= 11 is 0. The molecule has 0 atom stereocenters. The zero-order chi connectivity index (χ0) is 18.9. The third-order valence-electron chi connectivity index (χ3n) is 4.65. The molecule has 26 heavy (non-hydrogen) atoms. The maximum Gasteiger partial charge on any atom is 0.410 e. The third-order valence-corrected chi connectivity index (χ3v) is 4.65. The number of amides is 1. The van der Waals surface area contributed by atoms with Gasteiger partial charge in [0.2, 0.25) is 0 Å². The van der Waals surface area contributed by atoms with Crippen molar-refractivity contribution in [2.24, 2.45) is 0 Å². The largest absolute Gasteiger partial charge is 0.478 e. The number of fused-ring (bicyclic) bond motifs is 1. The number of benzene rings is 1. The lowest BCUT2D eigenvalue weighted by Crippen LogP contribution is -2.42. The van der Waals surface area contributed by atoms with Gasteiger partial charge in [0.25, 0.3) is 0 Å². The van der Waals surface area contributed by atoms with E-state index in [0.717, 1.165) is 29.6 Å². The number of allylic oxidation sites excluding steroid dienone is 2. The van der Waals surface area contributed by atoms with Crippen LogP contribution >= 0.6 is 0 Å². The van der Waals surface area contributed by atoms with Gasteiger partial charge < -0.3 is 14.7 Å². The second-order valence-corrected chi connectivity index (χ2v) is 7.73. The molecule has 0 fully saturated rings. The molecule has 1 N–H and O–H groups in total. The van der Waals surface area contributed by atoms with Crippen LogP contribution in [0.1, 0.15) is 44.7 Å². The highest BCUT2D eigenvalue weighted by Gasteiger charge is 2.31. The van der Waals surface area contributed by atoms with Crippen molar-refractivity contribution in [3.8, 4) is 0 Å². The van der Waals surface area contributed by atoms with E-state index in [9.17, 15) is 14.7 Å². The Morgan fingerprint density at radius 2 is 1.88 bits per heavy atom. The molecule has 5 nitrogen and oxygen atoms in total. The summed E-state index contributed by atoms with van der Waals surface area (Å²) in [6, 6.07) is 8.14. The molecular weight excluding hydrogens is 330 g/mol. The van der Waals surface area contributed by atoms with Gasteiger partial charge >= 0.3 is 12.1 Å². The van der Waals surface area contributed by atoms with Crippen LogP contribution in [0.15, 0.2) is 41.5 Å². The second kappa shape index (κ2) is 6.98. The smallest absolute Gasteiger partial charge is 0.410 e. The number of hydrogen-bond acceptors (Lipinski definition) is 3. The van der Waals surface area contributed by atoms with Crippen molar-refractivity contribution in [1.29, 1.82) is 0 Å². The topological polar surface area (TPSA) is 66.8 Å². The first-order valence-electron chi connectivity index (χ1n) is 8.98. The van der Waals surface area contributed by atoms with Crippen molar-refractivity contribution in [2.45, 2.75) is 45.6 Å². The van der Waals surface area contributed by atoms with E-state index < -0.39 is 17.7 Å². The highest BCUT2D eigenvalue weighted by atomic mass is 16.6. The number of rotatable bonds is 2. The van der Waals surface area contributed by atoms with Gasteiger partial charge in [-0.05, 0) is 62.3 Å². The molecule has 1 heterocycles. The number of hydrogen-bond donors (Lipinski definition) is 1. The number of carbonyl (C=O) groups excluding carboxylic acids is 1. The molecule has 0 aromatic heterocycles. The molecule has 0 saturated carbocycles. The van der Waals surface area contributed by atoms with Gasteiger partial charge in [-0.15, -0.1) is 0 Å². The molecule has 0 radical (unpaired) electrons. The van der Waals surface area contributed by atoms with Gasteiger partial charge in [-0.3, -0.25) is 0 Å². The van der Waals surface area contributed by atoms with Gasteiger partial charge in [0.15, 0.2) is 0 Å². The summed E-state index contributed by atoms with van der Waals surface area (Å²) in [6.07, 6.45) is 4.05. The van der Waals surface area contributed by atoms with Gasteiger partial charge in [-0.2, -0.15) is 0 Å². The van der Waals surface area contributed by atoms with Gasteiger partial charge in [-0.1, -0.05) is 30.3 Å². The van der Waals surface area contributed by atoms with Crippen LogP contribution in [0.2, 0.25) is 0 Å². The Bertz CT molecular complexity index is 798. The minimum atomic E-state index is -0.975. The van der Waals surface area contributed by atoms with Crippen molar-refractivity contribution in [3.05, 3.63) is 52.6 Å². The monoisotopic (exact) mass is 355 g/mol. The normalized spacial score (nSPS) is 17.5. The summed E-state index contributed by atoms with van der Waals surface area (Å²) in [5.41, 5.74) is 3.88. The van der Waals surface area contributed by atoms with E-state index in [1.807, 2.05) is 18.2 Å². The number of nitrogens with zero attached hydrogens (tertiary/aromatic N) is 1. The highest BCUT2D eigenvalue weighted by molar-refractivity contribution is 5.96. The molecule has 138 valence electrons. The maximum atomic E-state index is 12.3. The molecule has 0 bridgehead atoms. The Balaban J connectivity index is 1.92. The minimum Gasteiger partial charge on any atom is -0.478 e. The van der Waals surface area contributed by atoms with E-state index in [1.54, 1.807) is 20.8 Å². The van der Waals surface area contributed by atoms with E-state index in [0.29, 0.717) is 13.0 Å². The molecule has 0 spiro atoms. The standard InChI is InChI=1S/C21H25NO4/c1-21(2,3)26-20(25)22-12-11-17(18(13-22)19(23)24)16-10-6-8-14-7-4-5-9-15(14)16/h4-5,7,9-10H,6,8,11-13H2,1-3H3,(H,23,24). The summed E-state index contributed by atoms with van der Waals surface area (Å²) in [5, 5.41) is 9.76. The molecule has 1 amide bonds. The molecule has 1 aromatic carbocycles. The second-order valence-electron chi connectivity index (χ2n) is 7.73. The van der Waals surface area contributed by atoms with Crippen LogP contribution in [-0.4, -0.2) is 40.8 Å². The van der Waals surface area contributed by atoms with Crippen molar-refractivity contribution in [3.63, 3.8) is 0 Å². The fourth-order valence-corrected chi connectivity index (χ4v) is 3.51. The fourth-order valence-electron chi connectivity index (χ4n) is 3.51. The number of carbonyl (C=O) groups is 2. The molecule has 1 aliphatic heterocycles. The molecule has 1 aromatic rings. The fraction of sp³-hybridized carbons (Fsp3) is 0.429. The predicted octanol–water partition coefficient (Wildman–Crippen LogP) is 4.04. The first kappa shape index (κ1) is 18.2. The lowest BCUT2D eigenvalue weighted by Gasteiger charge is -2.33. The molecule has 0 saturated heterocycles. The molecule has 3 rings (SSSR count). The maximum absolute atomic E-state index is 12.3. The van der Waals surface area contributed by atoms with Crippen LogP contribution < -0.4 is 0 Å². The SMILES string of the molecule is CC(C)(C)OC(=O)N1CCC(C2=CCCc3ccccc32)=C(C(=O)O)C1. The molecule has 2 aliphatic rings. The Labute approximate surface area is 154 Å². The Hall–Kier alpha value is -2.56. The number of carboxylic acid groups (broad SMARTS) is 1. The van der Waals surface area contributed by atoms with Crippen molar-refractivity contribution in [2.75, 3.05) is 13.1 Å². The third kappa shape index (κ3) is 3.82. The van der Waals surface area contributed by atoms with E-state index in [-0.39, 0.29) is 12.1 Å². The van der Waals surface area contributed by atoms with Crippen LogP contribution in [0.5, 0.6) is 0 Å². The summed E-state index contributed by atoms with van der Waals surface area (Å²) < 4.78 is 5.40. The average Bonchev–Trinajstić information content (AvgIpc) is 2.59. The van der Waals surface area contributed by atoms with E-state index >= 15 is 0 Å². The lowest BCUT2D eigenvalue weighted by atomic mass is 9.82. The highest BCUT2D eigenvalue weighted by Crippen LogP contribution is 2.36. The minimum absolute atomic E-state index is 0.0685. The predicted molar refractivity (Wildman–Crippen MR) is 99.8 cm³/mol. The Kier molecular flexibility index (Phi) is 4.90.